The van der Waals surface area contributed by atoms with E-state index in [-0.39, 0.29) is 17.9 Å². The van der Waals surface area contributed by atoms with Gasteiger partial charge in [0.1, 0.15) is 0 Å². The molecule has 0 radical (unpaired) electrons. The van der Waals surface area contributed by atoms with Crippen molar-refractivity contribution < 1.29 is 9.90 Å². The lowest BCUT2D eigenvalue weighted by Gasteiger charge is -2.36. The maximum absolute atomic E-state index is 12.5. The topological polar surface area (TPSA) is 58.4 Å². The predicted octanol–water partition coefficient (Wildman–Crippen LogP) is 2.54. The van der Waals surface area contributed by atoms with Crippen molar-refractivity contribution in [1.29, 1.82) is 0 Å². The van der Waals surface area contributed by atoms with E-state index in [0.29, 0.717) is 24.5 Å². The van der Waals surface area contributed by atoms with Gasteiger partial charge in [-0.1, -0.05) is 23.7 Å². The van der Waals surface area contributed by atoms with Crippen molar-refractivity contribution in [2.24, 2.45) is 13.0 Å². The van der Waals surface area contributed by atoms with E-state index >= 15 is 0 Å². The fourth-order valence-corrected chi connectivity index (χ4v) is 3.28. The van der Waals surface area contributed by atoms with Crippen molar-refractivity contribution in [3.05, 3.63) is 58.9 Å². The molecule has 1 N–H and O–H groups in total. The molecule has 0 saturated carbocycles. The first-order chi connectivity index (χ1) is 12.0. The van der Waals surface area contributed by atoms with E-state index in [1.54, 1.807) is 27.9 Å². The number of piperidine rings is 1. The molecule has 0 bridgehead atoms. The van der Waals surface area contributed by atoms with Gasteiger partial charge in [0.25, 0.3) is 0 Å². The molecular weight excluding hydrogens is 338 g/mol. The summed E-state index contributed by atoms with van der Waals surface area (Å²) >= 11 is 5.92. The zero-order chi connectivity index (χ0) is 17.8. The molecule has 1 aliphatic rings. The number of rotatable bonds is 4. The van der Waals surface area contributed by atoms with Crippen LogP contribution in [-0.2, 0) is 18.3 Å². The molecule has 0 spiro atoms. The van der Waals surface area contributed by atoms with Gasteiger partial charge < -0.3 is 10.0 Å². The summed E-state index contributed by atoms with van der Waals surface area (Å²) in [6, 6.07) is 9.50. The van der Waals surface area contributed by atoms with Crippen molar-refractivity contribution >= 4 is 23.6 Å². The van der Waals surface area contributed by atoms with Gasteiger partial charge >= 0.3 is 0 Å². The molecule has 25 heavy (non-hydrogen) atoms. The van der Waals surface area contributed by atoms with Crippen LogP contribution in [0.1, 0.15) is 17.7 Å². The van der Waals surface area contributed by atoms with E-state index in [2.05, 4.69) is 5.10 Å². The highest BCUT2D eigenvalue weighted by Crippen LogP contribution is 2.23. The predicted molar refractivity (Wildman–Crippen MR) is 98.1 cm³/mol. The number of aliphatic hydroxyl groups is 1. The number of likely N-dealkylation sites (tertiary alicyclic amines) is 1. The van der Waals surface area contributed by atoms with Crippen LogP contribution in [-0.4, -0.2) is 44.9 Å². The number of aromatic nitrogens is 2. The maximum atomic E-state index is 12.5. The smallest absolute Gasteiger partial charge is 0.246 e. The van der Waals surface area contributed by atoms with E-state index in [4.69, 9.17) is 11.6 Å². The Labute approximate surface area is 152 Å². The van der Waals surface area contributed by atoms with Crippen molar-refractivity contribution in [1.82, 2.24) is 14.7 Å². The Morgan fingerprint density at radius 1 is 1.36 bits per heavy atom. The Kier molecular flexibility index (Phi) is 5.56. The van der Waals surface area contributed by atoms with Gasteiger partial charge in [0.15, 0.2) is 0 Å². The first-order valence-corrected chi connectivity index (χ1v) is 8.78. The van der Waals surface area contributed by atoms with Gasteiger partial charge in [-0.3, -0.25) is 9.48 Å². The number of aliphatic hydroxyl groups excluding tert-OH is 1. The summed E-state index contributed by atoms with van der Waals surface area (Å²) in [5.74, 6) is -0.00168. The summed E-state index contributed by atoms with van der Waals surface area (Å²) in [4.78, 5) is 14.3. The molecule has 1 saturated heterocycles. The SMILES string of the molecule is Cn1nccc1/C=C/C(=O)N1CC[C@@H](O)[C@H](Cc2ccc(Cl)cc2)C1. The number of amides is 1. The molecule has 132 valence electrons. The Morgan fingerprint density at radius 3 is 2.80 bits per heavy atom. The zero-order valence-corrected chi connectivity index (χ0v) is 14.9. The number of nitrogens with zero attached hydrogens (tertiary/aromatic N) is 3. The number of benzene rings is 1. The van der Waals surface area contributed by atoms with Gasteiger partial charge in [-0.05, 0) is 42.7 Å². The molecule has 3 rings (SSSR count). The number of halogens is 1. The van der Waals surface area contributed by atoms with Crippen LogP contribution in [0.25, 0.3) is 6.08 Å². The van der Waals surface area contributed by atoms with Gasteiger partial charge in [0.05, 0.1) is 11.8 Å². The number of carbonyl (C=O) groups is 1. The fraction of sp³-hybridized carbons (Fsp3) is 0.368. The highest BCUT2D eigenvalue weighted by atomic mass is 35.5. The third kappa shape index (κ3) is 4.50. The summed E-state index contributed by atoms with van der Waals surface area (Å²) in [5.41, 5.74) is 2.00. The normalized spacial score (nSPS) is 21.0. The van der Waals surface area contributed by atoms with Gasteiger partial charge in [-0.25, -0.2) is 0 Å². The van der Waals surface area contributed by atoms with Crippen LogP contribution < -0.4 is 0 Å². The lowest BCUT2D eigenvalue weighted by atomic mass is 9.88. The van der Waals surface area contributed by atoms with Crippen LogP contribution in [0.3, 0.4) is 0 Å². The highest BCUT2D eigenvalue weighted by molar-refractivity contribution is 6.30. The third-order valence-corrected chi connectivity index (χ3v) is 4.92. The van der Waals surface area contributed by atoms with Crippen molar-refractivity contribution in [3.8, 4) is 0 Å². The van der Waals surface area contributed by atoms with E-state index < -0.39 is 0 Å². The number of hydrogen-bond acceptors (Lipinski definition) is 3. The minimum absolute atomic E-state index is 0.0315. The molecule has 1 amide bonds. The molecule has 1 aliphatic heterocycles. The summed E-state index contributed by atoms with van der Waals surface area (Å²) < 4.78 is 1.72. The summed E-state index contributed by atoms with van der Waals surface area (Å²) in [7, 11) is 1.84. The molecule has 5 nitrogen and oxygen atoms in total. The van der Waals surface area contributed by atoms with Crippen molar-refractivity contribution in [2.75, 3.05) is 13.1 Å². The third-order valence-electron chi connectivity index (χ3n) is 4.67. The second-order valence-corrected chi connectivity index (χ2v) is 6.88. The molecule has 0 aliphatic carbocycles. The molecule has 2 aromatic rings. The number of aryl methyl sites for hydroxylation is 1. The van der Waals surface area contributed by atoms with Gasteiger partial charge in [0.2, 0.25) is 5.91 Å². The van der Waals surface area contributed by atoms with Gasteiger partial charge in [0, 0.05) is 43.4 Å². The van der Waals surface area contributed by atoms with Crippen LogP contribution in [0.4, 0.5) is 0 Å². The second kappa shape index (κ2) is 7.85. The van der Waals surface area contributed by atoms with E-state index in [1.165, 1.54) is 0 Å². The molecule has 1 aromatic carbocycles. The van der Waals surface area contributed by atoms with E-state index in [1.807, 2.05) is 37.4 Å². The molecular formula is C19H22ClN3O2. The van der Waals surface area contributed by atoms with Crippen molar-refractivity contribution in [3.63, 3.8) is 0 Å². The number of carbonyl (C=O) groups excluding carboxylic acids is 1. The largest absolute Gasteiger partial charge is 0.393 e. The first kappa shape index (κ1) is 17.7. The quantitative estimate of drug-likeness (QED) is 0.853. The molecule has 6 heteroatoms. The van der Waals surface area contributed by atoms with Crippen LogP contribution in [0.15, 0.2) is 42.6 Å². The minimum Gasteiger partial charge on any atom is -0.393 e. The second-order valence-electron chi connectivity index (χ2n) is 6.44. The molecule has 2 heterocycles. The molecule has 1 aromatic heterocycles. The average molecular weight is 360 g/mol. The van der Waals surface area contributed by atoms with Crippen LogP contribution in [0.2, 0.25) is 5.02 Å². The van der Waals surface area contributed by atoms with Crippen LogP contribution in [0.5, 0.6) is 0 Å². The van der Waals surface area contributed by atoms with E-state index in [0.717, 1.165) is 17.7 Å². The maximum Gasteiger partial charge on any atom is 0.246 e. The van der Waals surface area contributed by atoms with Gasteiger partial charge in [-0.2, -0.15) is 5.10 Å². The Hall–Kier alpha value is -2.11. The Morgan fingerprint density at radius 2 is 2.12 bits per heavy atom. The lowest BCUT2D eigenvalue weighted by Crippen LogP contribution is -2.46. The van der Waals surface area contributed by atoms with Crippen LogP contribution in [0, 0.1) is 5.92 Å². The minimum atomic E-state index is -0.388. The molecule has 2 atom stereocenters. The lowest BCUT2D eigenvalue weighted by molar-refractivity contribution is -0.129. The first-order valence-electron chi connectivity index (χ1n) is 8.40. The summed E-state index contributed by atoms with van der Waals surface area (Å²) in [5, 5.41) is 15.1. The Bertz CT molecular complexity index is 754. The highest BCUT2D eigenvalue weighted by Gasteiger charge is 2.29. The van der Waals surface area contributed by atoms with E-state index in [9.17, 15) is 9.90 Å². The molecule has 1 fully saturated rings. The average Bonchev–Trinajstić information content (AvgIpc) is 3.01. The Balaban J connectivity index is 1.63. The fourth-order valence-electron chi connectivity index (χ4n) is 3.15. The molecule has 0 unspecified atom stereocenters. The van der Waals surface area contributed by atoms with Crippen molar-refractivity contribution in [2.45, 2.75) is 18.9 Å². The summed E-state index contributed by atoms with van der Waals surface area (Å²) in [6.07, 6.45) is 5.99. The standard InChI is InChI=1S/C19H22ClN3O2/c1-22-17(8-10-21-22)6-7-19(25)23-11-9-18(24)15(13-23)12-14-2-4-16(20)5-3-14/h2-8,10,15,18,24H,9,11-13H2,1H3/b7-6+/t15-,18-/m1/s1. The summed E-state index contributed by atoms with van der Waals surface area (Å²) in [6.45, 7) is 1.13. The van der Waals surface area contributed by atoms with Crippen LogP contribution >= 0.6 is 11.6 Å². The zero-order valence-electron chi connectivity index (χ0n) is 14.2. The monoisotopic (exact) mass is 359 g/mol. The van der Waals surface area contributed by atoms with Gasteiger partial charge in [-0.15, -0.1) is 0 Å². The number of hydrogen-bond donors (Lipinski definition) is 1.